The number of hydrogen-bond donors (Lipinski definition) is 1. The van der Waals surface area contributed by atoms with Gasteiger partial charge in [-0.3, -0.25) is 4.79 Å². The molecule has 0 amide bonds. The molecule has 5 rings (SSSR count). The Morgan fingerprint density at radius 3 is 2.39 bits per heavy atom. The Balaban J connectivity index is 1.63. The zero-order valence-electron chi connectivity index (χ0n) is 15.0. The highest BCUT2D eigenvalue weighted by Gasteiger charge is 2.13. The van der Waals surface area contributed by atoms with Crippen molar-refractivity contribution in [2.24, 2.45) is 0 Å². The van der Waals surface area contributed by atoms with Crippen LogP contribution in [0.2, 0.25) is 0 Å². The maximum atomic E-state index is 13.2. The minimum atomic E-state index is -0.131. The first-order chi connectivity index (χ1) is 13.8. The number of hydrogen-bond acceptors (Lipinski definition) is 4. The van der Waals surface area contributed by atoms with Crippen molar-refractivity contribution < 1.29 is 0 Å². The van der Waals surface area contributed by atoms with Crippen LogP contribution in [0.5, 0.6) is 0 Å². The van der Waals surface area contributed by atoms with Crippen molar-refractivity contribution in [3.8, 4) is 11.4 Å². The Morgan fingerprint density at radius 1 is 0.821 bits per heavy atom. The summed E-state index contributed by atoms with van der Waals surface area (Å²) in [6, 6.07) is 25.0. The molecule has 28 heavy (non-hydrogen) atoms. The van der Waals surface area contributed by atoms with Crippen LogP contribution in [0.3, 0.4) is 0 Å². The van der Waals surface area contributed by atoms with Crippen molar-refractivity contribution in [2.45, 2.75) is 6.67 Å². The van der Waals surface area contributed by atoms with Crippen molar-refractivity contribution in [2.75, 3.05) is 5.43 Å². The molecule has 2 aromatic heterocycles. The summed E-state index contributed by atoms with van der Waals surface area (Å²) in [6.07, 6.45) is 1.76. The lowest BCUT2D eigenvalue weighted by Gasteiger charge is -2.16. The van der Waals surface area contributed by atoms with Gasteiger partial charge in [-0.1, -0.05) is 54.6 Å². The molecule has 3 aromatic carbocycles. The van der Waals surface area contributed by atoms with E-state index < -0.39 is 0 Å². The lowest BCUT2D eigenvalue weighted by Crippen LogP contribution is -2.32. The van der Waals surface area contributed by atoms with Crippen LogP contribution in [0.15, 0.2) is 90.0 Å². The van der Waals surface area contributed by atoms with Crippen LogP contribution in [0, 0.1) is 0 Å². The summed E-state index contributed by atoms with van der Waals surface area (Å²) in [4.78, 5) is 22.3. The summed E-state index contributed by atoms with van der Waals surface area (Å²) >= 11 is 0. The lowest BCUT2D eigenvalue weighted by molar-refractivity contribution is 0.683. The monoisotopic (exact) mass is 367 g/mol. The Kier molecular flexibility index (Phi) is 3.87. The average Bonchev–Trinajstić information content (AvgIpc) is 3.17. The first kappa shape index (κ1) is 16.3. The molecule has 0 aliphatic rings. The Hall–Kier alpha value is -3.93. The Morgan fingerprint density at radius 2 is 1.54 bits per heavy atom. The van der Waals surface area contributed by atoms with Gasteiger partial charge in [-0.25, -0.2) is 14.6 Å². The van der Waals surface area contributed by atoms with Crippen LogP contribution in [-0.4, -0.2) is 19.2 Å². The van der Waals surface area contributed by atoms with Gasteiger partial charge in [0.1, 0.15) is 6.67 Å². The van der Waals surface area contributed by atoms with Gasteiger partial charge >= 0.3 is 0 Å². The zero-order valence-corrected chi connectivity index (χ0v) is 15.0. The van der Waals surface area contributed by atoms with Crippen molar-refractivity contribution in [1.29, 1.82) is 0 Å². The van der Waals surface area contributed by atoms with E-state index >= 15 is 0 Å². The molecule has 0 aliphatic carbocycles. The number of para-hydroxylation sites is 3. The fourth-order valence-corrected chi connectivity index (χ4v) is 3.34. The van der Waals surface area contributed by atoms with Gasteiger partial charge < -0.3 is 9.99 Å². The molecule has 136 valence electrons. The molecule has 2 heterocycles. The number of benzene rings is 3. The molecule has 0 radical (unpaired) electrons. The van der Waals surface area contributed by atoms with Crippen LogP contribution in [-0.2, 0) is 6.67 Å². The highest BCUT2D eigenvalue weighted by Crippen LogP contribution is 2.18. The van der Waals surface area contributed by atoms with Crippen LogP contribution >= 0.6 is 0 Å². The Bertz CT molecular complexity index is 1340. The van der Waals surface area contributed by atoms with E-state index in [1.165, 1.54) is 4.68 Å². The smallest absolute Gasteiger partial charge is 0.280 e. The summed E-state index contributed by atoms with van der Waals surface area (Å²) in [7, 11) is 0. The van der Waals surface area contributed by atoms with Crippen LogP contribution in [0.25, 0.3) is 33.3 Å². The predicted molar refractivity (Wildman–Crippen MR) is 111 cm³/mol. The molecule has 0 fully saturated rings. The predicted octanol–water partition coefficient (Wildman–Crippen LogP) is 3.61. The van der Waals surface area contributed by atoms with Gasteiger partial charge in [0.25, 0.3) is 5.56 Å². The van der Waals surface area contributed by atoms with E-state index in [1.54, 1.807) is 12.4 Å². The van der Waals surface area contributed by atoms with E-state index in [0.717, 1.165) is 16.6 Å². The van der Waals surface area contributed by atoms with Crippen LogP contribution < -0.4 is 11.0 Å². The summed E-state index contributed by atoms with van der Waals surface area (Å²) in [5.74, 6) is 0.578. The Labute approximate surface area is 160 Å². The van der Waals surface area contributed by atoms with Crippen molar-refractivity contribution >= 4 is 21.9 Å². The summed E-state index contributed by atoms with van der Waals surface area (Å²) in [5.41, 5.74) is 6.56. The normalized spacial score (nSPS) is 11.1. The van der Waals surface area contributed by atoms with Gasteiger partial charge in [0, 0.05) is 5.56 Å². The molecule has 0 aliphatic heterocycles. The molecule has 0 atom stereocenters. The summed E-state index contributed by atoms with van der Waals surface area (Å²) in [5, 5.41) is 0.574. The highest BCUT2D eigenvalue weighted by atomic mass is 16.1. The topological polar surface area (TPSA) is 64.7 Å². The second kappa shape index (κ2) is 6.66. The molecular formula is C22H17N5O. The molecule has 0 unspecified atom stereocenters. The fourth-order valence-electron chi connectivity index (χ4n) is 3.34. The maximum absolute atomic E-state index is 13.2. The number of fused-ring (bicyclic) bond motifs is 2. The third-order valence-electron chi connectivity index (χ3n) is 4.73. The average molecular weight is 367 g/mol. The third-order valence-corrected chi connectivity index (χ3v) is 4.73. The van der Waals surface area contributed by atoms with Gasteiger partial charge in [-0.05, 0) is 24.3 Å². The molecule has 6 nitrogen and oxygen atoms in total. The number of rotatable bonds is 4. The number of nitrogens with one attached hydrogen (secondary N) is 1. The summed E-state index contributed by atoms with van der Waals surface area (Å²) in [6.45, 7) is 0.389. The van der Waals surface area contributed by atoms with Crippen molar-refractivity contribution in [1.82, 2.24) is 19.2 Å². The number of aromatic nitrogens is 4. The van der Waals surface area contributed by atoms with Gasteiger partial charge in [0.05, 0.1) is 28.3 Å². The highest BCUT2D eigenvalue weighted by molar-refractivity contribution is 5.79. The van der Waals surface area contributed by atoms with E-state index in [1.807, 2.05) is 77.4 Å². The standard InChI is InChI=1S/C22H17N5O/c28-22-17-10-4-5-11-18(17)25-21(16-8-2-1-3-9-16)27(22)24-15-26-14-23-19-12-6-7-13-20(19)26/h1-14,24H,15H2. The van der Waals surface area contributed by atoms with E-state index in [2.05, 4.69) is 10.4 Å². The number of nitrogens with zero attached hydrogens (tertiary/aromatic N) is 4. The largest absolute Gasteiger partial charge is 0.311 e. The molecule has 5 aromatic rings. The quantitative estimate of drug-likeness (QED) is 0.527. The van der Waals surface area contributed by atoms with Gasteiger partial charge in [0.15, 0.2) is 5.82 Å². The molecule has 6 heteroatoms. The SMILES string of the molecule is O=c1c2ccccc2nc(-c2ccccc2)n1NCn1cnc2ccccc21. The second-order valence-electron chi connectivity index (χ2n) is 6.48. The van der Waals surface area contributed by atoms with Crippen LogP contribution in [0.1, 0.15) is 0 Å². The van der Waals surface area contributed by atoms with Gasteiger partial charge in [-0.15, -0.1) is 0 Å². The van der Waals surface area contributed by atoms with Gasteiger partial charge in [0.2, 0.25) is 0 Å². The minimum Gasteiger partial charge on any atom is -0.311 e. The fraction of sp³-hybridized carbons (Fsp3) is 0.0455. The third kappa shape index (κ3) is 2.72. The molecule has 0 bridgehead atoms. The molecular weight excluding hydrogens is 350 g/mol. The molecule has 0 saturated heterocycles. The number of imidazole rings is 1. The van der Waals surface area contributed by atoms with Gasteiger partial charge in [-0.2, -0.15) is 0 Å². The van der Waals surface area contributed by atoms with E-state index in [4.69, 9.17) is 4.98 Å². The molecule has 0 spiro atoms. The van der Waals surface area contributed by atoms with E-state index in [9.17, 15) is 4.79 Å². The first-order valence-corrected chi connectivity index (χ1v) is 9.02. The van der Waals surface area contributed by atoms with Crippen molar-refractivity contribution in [3.05, 3.63) is 95.5 Å². The molecule has 1 N–H and O–H groups in total. The lowest BCUT2D eigenvalue weighted by atomic mass is 10.2. The molecule has 0 saturated carbocycles. The minimum absolute atomic E-state index is 0.131. The van der Waals surface area contributed by atoms with Crippen molar-refractivity contribution in [3.63, 3.8) is 0 Å². The maximum Gasteiger partial charge on any atom is 0.280 e. The summed E-state index contributed by atoms with van der Waals surface area (Å²) < 4.78 is 3.48. The zero-order chi connectivity index (χ0) is 18.9. The van der Waals surface area contributed by atoms with E-state index in [-0.39, 0.29) is 5.56 Å². The van der Waals surface area contributed by atoms with E-state index in [0.29, 0.717) is 23.4 Å². The first-order valence-electron chi connectivity index (χ1n) is 9.02. The van der Waals surface area contributed by atoms with Crippen LogP contribution in [0.4, 0.5) is 0 Å². The second-order valence-corrected chi connectivity index (χ2v) is 6.48.